The molecule has 7 aromatic carbocycles. The van der Waals surface area contributed by atoms with Gasteiger partial charge in [-0.2, -0.15) is 59.3 Å². The van der Waals surface area contributed by atoms with Gasteiger partial charge in [0, 0.05) is 29.6 Å². The molecule has 0 aliphatic carbocycles. The number of halogens is 2. The SMILES string of the molecule is Nc1cc(N)c(N=Nc2cc(Nc3cc(F)nc(F)n3)ccc2S(=O)(=O)O)cc1N=Nc1ccc(NS(=O)(=O)c2ccc(N=Nc3c(S(=O)(=O)O)cc4cc(S(=O)(=O)O)c(N=Nc5ccc([N+](=O)[O-])cc5)c(N)c4c3O)cc2)cc1. The number of benzene rings is 7. The number of aromatic nitrogens is 2. The van der Waals surface area contributed by atoms with Gasteiger partial charge in [0.15, 0.2) is 5.75 Å². The molecule has 36 heteroatoms. The first-order valence-corrected chi connectivity index (χ1v) is 27.3. The number of hydrogen-bond donors (Lipinski definition) is 9. The van der Waals surface area contributed by atoms with Crippen LogP contribution in [0, 0.1) is 22.1 Å². The van der Waals surface area contributed by atoms with Crippen molar-refractivity contribution in [3.05, 3.63) is 143 Å². The van der Waals surface area contributed by atoms with Crippen molar-refractivity contribution in [1.29, 1.82) is 0 Å². The molecule has 1 aromatic heterocycles. The minimum atomic E-state index is -5.29. The summed E-state index contributed by atoms with van der Waals surface area (Å²) in [4.78, 5) is 13.5. The number of nitrogens with two attached hydrogens (primary N) is 3. The Morgan fingerprint density at radius 2 is 1.02 bits per heavy atom. The van der Waals surface area contributed by atoms with Crippen molar-refractivity contribution < 1.29 is 66.1 Å². The van der Waals surface area contributed by atoms with Gasteiger partial charge in [-0.3, -0.25) is 28.5 Å². The molecule has 0 aliphatic rings. The first-order valence-electron chi connectivity index (χ1n) is 21.5. The molecule has 0 atom stereocenters. The molecule has 410 valence electrons. The Labute approximate surface area is 447 Å². The van der Waals surface area contributed by atoms with Gasteiger partial charge in [0.1, 0.15) is 48.9 Å². The number of aromatic hydroxyl groups is 1. The van der Waals surface area contributed by atoms with E-state index in [2.05, 4.69) is 60.9 Å². The number of sulfonamides is 1. The maximum Gasteiger partial charge on any atom is 0.313 e. The summed E-state index contributed by atoms with van der Waals surface area (Å²) in [7, 11) is -19.7. The Kier molecular flexibility index (Phi) is 15.3. The Balaban J connectivity index is 0.987. The molecular weight excluding hydrogens is 1140 g/mol. The van der Waals surface area contributed by atoms with Crippen LogP contribution in [0.1, 0.15) is 0 Å². The maximum atomic E-state index is 13.6. The van der Waals surface area contributed by atoms with Gasteiger partial charge in [-0.1, -0.05) is 0 Å². The highest BCUT2D eigenvalue weighted by Crippen LogP contribution is 2.48. The number of rotatable bonds is 17. The van der Waals surface area contributed by atoms with Crippen molar-refractivity contribution in [2.45, 2.75) is 19.6 Å². The van der Waals surface area contributed by atoms with Gasteiger partial charge in [0.25, 0.3) is 46.1 Å². The van der Waals surface area contributed by atoms with E-state index in [4.69, 9.17) is 17.2 Å². The zero-order chi connectivity index (χ0) is 58.1. The van der Waals surface area contributed by atoms with Crippen LogP contribution in [0.15, 0.2) is 182 Å². The van der Waals surface area contributed by atoms with E-state index < -0.39 is 111 Å². The second kappa shape index (κ2) is 21.8. The summed E-state index contributed by atoms with van der Waals surface area (Å²) in [5, 5.41) is 55.2. The van der Waals surface area contributed by atoms with E-state index in [9.17, 15) is 71.3 Å². The predicted molar refractivity (Wildman–Crippen MR) is 280 cm³/mol. The van der Waals surface area contributed by atoms with Crippen LogP contribution >= 0.6 is 0 Å². The lowest BCUT2D eigenvalue weighted by Crippen LogP contribution is -2.12. The lowest BCUT2D eigenvalue weighted by molar-refractivity contribution is -0.384. The van der Waals surface area contributed by atoms with E-state index in [1.807, 2.05) is 0 Å². The number of hydrogen-bond acceptors (Lipinski definition) is 25. The molecule has 8 aromatic rings. The molecule has 0 unspecified atom stereocenters. The molecule has 12 N–H and O–H groups in total. The first-order chi connectivity index (χ1) is 37.5. The standard InChI is InChI=1S/C44H32F2N16O14S4/c45-37-20-38(52-44(46)51-37)50-26-9-14-34(78(68,69)70)33(17-26)58-57-32-19-31(29(47)18-30(32)48)56-53-22-1-3-25(4-2-22)61-77(66,67)28-12-7-24(8-13-28)55-60-42-36(80(74,75)76)16-21-15-35(79(71,72)73)41(40(49)39(21)43(42)63)59-54-23-5-10-27(11-6-23)62(64)65/h1-20,61,63H,47-49H2,(H,50,51,52)(H,68,69,70)(H,71,72,73)(H,74,75,76). The number of nitrogens with zero attached hydrogens (tertiary/aromatic N) is 11. The third-order valence-electron chi connectivity index (χ3n) is 10.6. The van der Waals surface area contributed by atoms with Crippen molar-refractivity contribution in [1.82, 2.24) is 9.97 Å². The van der Waals surface area contributed by atoms with Crippen LogP contribution in [0.4, 0.5) is 94.2 Å². The summed E-state index contributed by atoms with van der Waals surface area (Å²) in [6.45, 7) is 0. The van der Waals surface area contributed by atoms with E-state index in [1.165, 1.54) is 36.4 Å². The lowest BCUT2D eigenvalue weighted by Gasteiger charge is -2.14. The minimum Gasteiger partial charge on any atom is -0.505 e. The second-order valence-corrected chi connectivity index (χ2v) is 21.9. The van der Waals surface area contributed by atoms with Crippen molar-refractivity contribution in [2.24, 2.45) is 40.9 Å². The Morgan fingerprint density at radius 1 is 0.537 bits per heavy atom. The average Bonchev–Trinajstić information content (AvgIpc) is 3.58. The van der Waals surface area contributed by atoms with Crippen LogP contribution in [-0.2, 0) is 40.4 Å². The number of azo groups is 4. The number of nitrogens with one attached hydrogen (secondary N) is 2. The zero-order valence-electron chi connectivity index (χ0n) is 39.5. The van der Waals surface area contributed by atoms with Crippen LogP contribution < -0.4 is 27.2 Å². The summed E-state index contributed by atoms with van der Waals surface area (Å²) in [6, 6.07) is 22.0. The normalized spacial score (nSPS) is 12.6. The second-order valence-electron chi connectivity index (χ2n) is 16.1. The predicted octanol–water partition coefficient (Wildman–Crippen LogP) is 10.2. The quantitative estimate of drug-likeness (QED) is 0.00778. The van der Waals surface area contributed by atoms with Crippen LogP contribution in [0.5, 0.6) is 5.75 Å². The fourth-order valence-electron chi connectivity index (χ4n) is 6.96. The molecule has 80 heavy (non-hydrogen) atoms. The monoisotopic (exact) mass is 1170 g/mol. The summed E-state index contributed by atoms with van der Waals surface area (Å²) in [5.74, 6) is -2.62. The molecule has 0 amide bonds. The molecule has 0 spiro atoms. The number of phenolic OH excluding ortho intramolecular Hbond substituents is 1. The van der Waals surface area contributed by atoms with Gasteiger partial charge < -0.3 is 27.6 Å². The Hall–Kier alpha value is -9.98. The highest BCUT2D eigenvalue weighted by atomic mass is 32.2. The van der Waals surface area contributed by atoms with Gasteiger partial charge in [0.05, 0.1) is 49.3 Å². The molecule has 0 saturated carbocycles. The van der Waals surface area contributed by atoms with Crippen LogP contribution in [0.25, 0.3) is 10.8 Å². The van der Waals surface area contributed by atoms with Gasteiger partial charge in [0.2, 0.25) is 5.95 Å². The number of nitro groups is 1. The zero-order valence-corrected chi connectivity index (χ0v) is 42.7. The van der Waals surface area contributed by atoms with Crippen molar-refractivity contribution >= 4 is 137 Å². The number of non-ortho nitro benzene ring substituents is 1. The van der Waals surface area contributed by atoms with E-state index in [-0.39, 0.29) is 67.6 Å². The molecule has 8 rings (SSSR count). The van der Waals surface area contributed by atoms with Gasteiger partial charge >= 0.3 is 6.08 Å². The number of fused-ring (bicyclic) bond motifs is 1. The Bertz CT molecular complexity index is 4430. The molecule has 0 radical (unpaired) electrons. The number of nitrogen functional groups attached to an aromatic ring is 3. The topological polar surface area (TPSA) is 487 Å². The molecule has 30 nitrogen and oxygen atoms in total. The van der Waals surface area contributed by atoms with Crippen LogP contribution in [-0.4, -0.2) is 67.3 Å². The maximum absolute atomic E-state index is 13.6. The summed E-state index contributed by atoms with van der Waals surface area (Å²) in [6.07, 6.45) is -1.39. The van der Waals surface area contributed by atoms with Gasteiger partial charge in [-0.05, 0) is 109 Å². The largest absolute Gasteiger partial charge is 0.505 e. The molecule has 1 heterocycles. The molecule has 0 bridgehead atoms. The molecule has 0 aliphatic heterocycles. The minimum absolute atomic E-state index is 0.00831. The van der Waals surface area contributed by atoms with Crippen molar-refractivity contribution in [3.8, 4) is 5.75 Å². The fourth-order valence-corrected chi connectivity index (χ4v) is 9.95. The lowest BCUT2D eigenvalue weighted by atomic mass is 10.1. The average molecular weight is 1180 g/mol. The molecular formula is C44H32F2N16O14S4. The summed E-state index contributed by atoms with van der Waals surface area (Å²) >= 11 is 0. The van der Waals surface area contributed by atoms with Crippen molar-refractivity contribution in [2.75, 3.05) is 27.2 Å². The highest BCUT2D eigenvalue weighted by molar-refractivity contribution is 7.92. The molecule has 0 fully saturated rings. The first kappa shape index (κ1) is 56.2. The number of phenols is 1. The van der Waals surface area contributed by atoms with Crippen molar-refractivity contribution in [3.63, 3.8) is 0 Å². The summed E-state index contributed by atoms with van der Waals surface area (Å²) in [5.41, 5.74) is 15.2. The number of anilines is 6. The third-order valence-corrected chi connectivity index (χ3v) is 14.7. The highest BCUT2D eigenvalue weighted by Gasteiger charge is 2.28. The number of nitro benzene ring substituents is 1. The third kappa shape index (κ3) is 12.9. The van der Waals surface area contributed by atoms with Crippen LogP contribution in [0.2, 0.25) is 0 Å². The van der Waals surface area contributed by atoms with E-state index >= 15 is 0 Å². The smallest absolute Gasteiger partial charge is 0.313 e. The van der Waals surface area contributed by atoms with Gasteiger partial charge in [-0.15, -0.1) is 25.6 Å². The van der Waals surface area contributed by atoms with E-state index in [0.717, 1.165) is 72.8 Å². The molecule has 0 saturated heterocycles. The van der Waals surface area contributed by atoms with Crippen LogP contribution in [0.3, 0.4) is 0 Å². The Morgan fingerprint density at radius 3 is 1.57 bits per heavy atom. The summed E-state index contributed by atoms with van der Waals surface area (Å²) < 4.78 is 160. The van der Waals surface area contributed by atoms with Gasteiger partial charge in [-0.25, -0.2) is 8.42 Å². The van der Waals surface area contributed by atoms with E-state index in [0.29, 0.717) is 12.1 Å². The van der Waals surface area contributed by atoms with E-state index in [1.54, 1.807) is 0 Å². The fraction of sp³-hybridized carbons (Fsp3) is 0.